The molecule has 0 spiro atoms. The molecule has 110 valence electrons. The topological polar surface area (TPSA) is 59.3 Å². The molecule has 0 saturated carbocycles. The molecule has 0 amide bonds. The molecule has 0 fully saturated rings. The van der Waals surface area contributed by atoms with Crippen molar-refractivity contribution in [2.75, 3.05) is 0 Å². The monoisotopic (exact) mass is 293 g/mol. The normalized spacial score (nSPS) is 10.8. The largest absolute Gasteiger partial charge is 0.494 e. The molecule has 0 unspecified atom stereocenters. The number of fused-ring (bicyclic) bond motifs is 1. The van der Waals surface area contributed by atoms with Crippen molar-refractivity contribution in [1.82, 2.24) is 4.57 Å². The van der Waals surface area contributed by atoms with Gasteiger partial charge in [-0.05, 0) is 11.6 Å². The van der Waals surface area contributed by atoms with Gasteiger partial charge in [0, 0.05) is 18.7 Å². The third kappa shape index (κ3) is 2.29. The zero-order chi connectivity index (χ0) is 15.7. The van der Waals surface area contributed by atoms with Gasteiger partial charge in [0.15, 0.2) is 5.78 Å². The molecule has 1 aromatic heterocycles. The fourth-order valence-corrected chi connectivity index (χ4v) is 2.69. The van der Waals surface area contributed by atoms with Crippen LogP contribution in [0.4, 0.5) is 0 Å². The lowest BCUT2D eigenvalue weighted by Gasteiger charge is -2.02. The van der Waals surface area contributed by atoms with Crippen molar-refractivity contribution in [2.24, 2.45) is 0 Å². The Kier molecular flexibility index (Phi) is 3.51. The third-order valence-corrected chi connectivity index (χ3v) is 3.65. The van der Waals surface area contributed by atoms with Crippen LogP contribution in [0.2, 0.25) is 0 Å². The molecule has 4 heteroatoms. The van der Waals surface area contributed by atoms with Gasteiger partial charge in [-0.15, -0.1) is 0 Å². The van der Waals surface area contributed by atoms with Gasteiger partial charge in [-0.3, -0.25) is 14.2 Å². The highest BCUT2D eigenvalue weighted by Gasteiger charge is 2.23. The van der Waals surface area contributed by atoms with Gasteiger partial charge in [0.1, 0.15) is 0 Å². The number of aromatic nitrogens is 1. The number of hydrogen-bond donors (Lipinski definition) is 1. The number of rotatable bonds is 3. The summed E-state index contributed by atoms with van der Waals surface area (Å²) in [5.74, 6) is -0.818. The summed E-state index contributed by atoms with van der Waals surface area (Å²) < 4.78 is 1.17. The average molecular weight is 293 g/mol. The Labute approximate surface area is 127 Å². The van der Waals surface area contributed by atoms with Crippen LogP contribution >= 0.6 is 0 Å². The van der Waals surface area contributed by atoms with Crippen molar-refractivity contribution in [3.8, 4) is 5.88 Å². The lowest BCUT2D eigenvalue weighted by Crippen LogP contribution is -2.06. The van der Waals surface area contributed by atoms with Crippen molar-refractivity contribution >= 4 is 22.6 Å². The van der Waals surface area contributed by atoms with Crippen molar-refractivity contribution in [2.45, 2.75) is 13.3 Å². The lowest BCUT2D eigenvalue weighted by molar-refractivity contribution is 0.0932. The van der Waals surface area contributed by atoms with Gasteiger partial charge in [-0.25, -0.2) is 0 Å². The van der Waals surface area contributed by atoms with E-state index in [1.165, 1.54) is 11.5 Å². The van der Waals surface area contributed by atoms with E-state index in [2.05, 4.69) is 0 Å². The number of ketones is 1. The Balaban J connectivity index is 2.13. The second-order valence-corrected chi connectivity index (χ2v) is 5.16. The molecule has 3 rings (SSSR count). The lowest BCUT2D eigenvalue weighted by atomic mass is 10.0. The fourth-order valence-electron chi connectivity index (χ4n) is 2.69. The zero-order valence-corrected chi connectivity index (χ0v) is 12.1. The number of nitrogens with zero attached hydrogens (tertiary/aromatic N) is 1. The van der Waals surface area contributed by atoms with Gasteiger partial charge < -0.3 is 5.11 Å². The Morgan fingerprint density at radius 1 is 1.00 bits per heavy atom. The first kappa shape index (κ1) is 14.1. The molecule has 1 N–H and O–H groups in total. The number of carbonyl (C=O) groups is 2. The van der Waals surface area contributed by atoms with Crippen LogP contribution in [-0.2, 0) is 6.42 Å². The maximum atomic E-state index is 12.6. The molecule has 1 heterocycles. The second-order valence-electron chi connectivity index (χ2n) is 5.16. The quantitative estimate of drug-likeness (QED) is 0.753. The third-order valence-electron chi connectivity index (χ3n) is 3.65. The van der Waals surface area contributed by atoms with E-state index in [9.17, 15) is 14.7 Å². The highest BCUT2D eigenvalue weighted by molar-refractivity contribution is 6.13. The van der Waals surface area contributed by atoms with Gasteiger partial charge in [0.2, 0.25) is 11.8 Å². The molecule has 0 bridgehead atoms. The van der Waals surface area contributed by atoms with Crippen LogP contribution in [0.5, 0.6) is 5.88 Å². The summed E-state index contributed by atoms with van der Waals surface area (Å²) in [7, 11) is 0. The molecule has 0 aliphatic rings. The summed E-state index contributed by atoms with van der Waals surface area (Å²) in [6.07, 6.45) is 0.181. The van der Waals surface area contributed by atoms with Crippen LogP contribution < -0.4 is 0 Å². The minimum absolute atomic E-state index is 0.181. The summed E-state index contributed by atoms with van der Waals surface area (Å²) in [4.78, 5) is 24.4. The van der Waals surface area contributed by atoms with E-state index in [4.69, 9.17) is 0 Å². The van der Waals surface area contributed by atoms with Crippen molar-refractivity contribution in [3.05, 3.63) is 65.7 Å². The molecule has 0 saturated heterocycles. The summed E-state index contributed by atoms with van der Waals surface area (Å²) in [5, 5.41) is 10.9. The molecule has 0 atom stereocenters. The van der Waals surface area contributed by atoms with Crippen LogP contribution in [-0.4, -0.2) is 21.4 Å². The summed E-state index contributed by atoms with van der Waals surface area (Å²) in [6, 6.07) is 16.3. The van der Waals surface area contributed by atoms with Gasteiger partial charge >= 0.3 is 0 Å². The van der Waals surface area contributed by atoms with Gasteiger partial charge in [-0.2, -0.15) is 0 Å². The van der Waals surface area contributed by atoms with Crippen LogP contribution in [0.25, 0.3) is 10.9 Å². The fraction of sp³-hybridized carbons (Fsp3) is 0.111. The van der Waals surface area contributed by atoms with Gasteiger partial charge in [0.05, 0.1) is 11.1 Å². The van der Waals surface area contributed by atoms with E-state index in [1.54, 1.807) is 24.3 Å². The average Bonchev–Trinajstić information content (AvgIpc) is 2.80. The van der Waals surface area contributed by atoms with Crippen LogP contribution in [0.3, 0.4) is 0 Å². The van der Waals surface area contributed by atoms with Crippen molar-refractivity contribution < 1.29 is 14.7 Å². The molecule has 0 aliphatic carbocycles. The summed E-state index contributed by atoms with van der Waals surface area (Å²) >= 11 is 0. The second kappa shape index (κ2) is 5.48. The Morgan fingerprint density at radius 3 is 2.32 bits per heavy atom. The van der Waals surface area contributed by atoms with E-state index in [-0.39, 0.29) is 29.6 Å². The van der Waals surface area contributed by atoms with E-state index >= 15 is 0 Å². The summed E-state index contributed by atoms with van der Waals surface area (Å²) in [6.45, 7) is 1.36. The number of para-hydroxylation sites is 1. The molecular formula is C18H15NO3. The highest BCUT2D eigenvalue weighted by Crippen LogP contribution is 2.32. The number of benzene rings is 2. The molecule has 0 radical (unpaired) electrons. The minimum Gasteiger partial charge on any atom is -0.494 e. The van der Waals surface area contributed by atoms with E-state index < -0.39 is 0 Å². The minimum atomic E-state index is -0.326. The molecule has 0 aliphatic heterocycles. The zero-order valence-electron chi connectivity index (χ0n) is 12.1. The number of Topliss-reactive ketones (excluding diaryl/α,β-unsaturated/α-hetero) is 1. The molecule has 22 heavy (non-hydrogen) atoms. The van der Waals surface area contributed by atoms with Crippen LogP contribution in [0.1, 0.15) is 27.6 Å². The Morgan fingerprint density at radius 2 is 1.64 bits per heavy atom. The number of carbonyl (C=O) groups excluding carboxylic acids is 2. The molecule has 3 aromatic rings. The first-order valence-electron chi connectivity index (χ1n) is 7.00. The predicted octanol–water partition coefficient (Wildman–Crippen LogP) is 3.43. The van der Waals surface area contributed by atoms with E-state index in [0.717, 1.165) is 5.56 Å². The summed E-state index contributed by atoms with van der Waals surface area (Å²) in [5.41, 5.74) is 1.62. The van der Waals surface area contributed by atoms with E-state index in [0.29, 0.717) is 10.9 Å². The number of aromatic hydroxyl groups is 1. The predicted molar refractivity (Wildman–Crippen MR) is 84.4 cm³/mol. The van der Waals surface area contributed by atoms with E-state index in [1.807, 2.05) is 30.3 Å². The maximum Gasteiger partial charge on any atom is 0.230 e. The van der Waals surface area contributed by atoms with Gasteiger partial charge in [0.25, 0.3) is 0 Å². The smallest absolute Gasteiger partial charge is 0.230 e. The molecular weight excluding hydrogens is 278 g/mol. The standard InChI is InChI=1S/C18H15NO3/c1-12(20)19-15-10-6-5-9-14(15)17(18(19)22)16(21)11-13-7-3-2-4-8-13/h2-10,22H,11H2,1H3. The first-order valence-corrected chi connectivity index (χ1v) is 7.00. The van der Waals surface area contributed by atoms with Crippen LogP contribution in [0.15, 0.2) is 54.6 Å². The Bertz CT molecular complexity index is 863. The van der Waals surface area contributed by atoms with Crippen LogP contribution in [0, 0.1) is 0 Å². The maximum absolute atomic E-state index is 12.6. The number of hydrogen-bond acceptors (Lipinski definition) is 3. The van der Waals surface area contributed by atoms with Crippen molar-refractivity contribution in [1.29, 1.82) is 0 Å². The van der Waals surface area contributed by atoms with Crippen molar-refractivity contribution in [3.63, 3.8) is 0 Å². The SMILES string of the molecule is CC(=O)n1c(O)c(C(=O)Cc2ccccc2)c2ccccc21. The molecule has 2 aromatic carbocycles. The first-order chi connectivity index (χ1) is 10.6. The van der Waals surface area contributed by atoms with Gasteiger partial charge in [-0.1, -0.05) is 48.5 Å². The Hall–Kier alpha value is -2.88. The molecule has 4 nitrogen and oxygen atoms in total. The highest BCUT2D eigenvalue weighted by atomic mass is 16.3.